The van der Waals surface area contributed by atoms with Crippen LogP contribution < -0.4 is 5.73 Å². The van der Waals surface area contributed by atoms with Crippen LogP contribution in [0.3, 0.4) is 0 Å². The fraction of sp³-hybridized carbons (Fsp3) is 0.417. The lowest BCUT2D eigenvalue weighted by molar-refractivity contribution is 0.614. The summed E-state index contributed by atoms with van der Waals surface area (Å²) in [5.41, 5.74) is 7.37. The van der Waals surface area contributed by atoms with Gasteiger partial charge in [-0.2, -0.15) is 5.10 Å². The molecular weight excluding hydrogens is 218 g/mol. The van der Waals surface area contributed by atoms with E-state index in [4.69, 9.17) is 5.73 Å². The van der Waals surface area contributed by atoms with Crippen LogP contribution in [0.15, 0.2) is 29.9 Å². The molecule has 0 bridgehead atoms. The summed E-state index contributed by atoms with van der Waals surface area (Å²) in [4.78, 5) is 1.37. The molecule has 0 amide bonds. The molecule has 2 heterocycles. The zero-order valence-electron chi connectivity index (χ0n) is 9.47. The fourth-order valence-electron chi connectivity index (χ4n) is 1.74. The normalized spacial score (nSPS) is 12.9. The minimum Gasteiger partial charge on any atom is -0.327 e. The van der Waals surface area contributed by atoms with Gasteiger partial charge in [0.2, 0.25) is 0 Å². The lowest BCUT2D eigenvalue weighted by atomic mass is 10.1. The van der Waals surface area contributed by atoms with Crippen molar-refractivity contribution in [3.63, 3.8) is 0 Å². The quantitative estimate of drug-likeness (QED) is 0.861. The van der Waals surface area contributed by atoms with Gasteiger partial charge in [-0.05, 0) is 36.3 Å². The van der Waals surface area contributed by atoms with Gasteiger partial charge in [0.05, 0.1) is 6.20 Å². The SMILES string of the molecule is Cn1cc(CCC(N)Cc2cccs2)cn1. The number of hydrogen-bond donors (Lipinski definition) is 1. The highest BCUT2D eigenvalue weighted by Crippen LogP contribution is 2.13. The standard InChI is InChI=1S/C12H17N3S/c1-15-9-10(8-14-15)4-5-11(13)7-12-3-2-6-16-12/h2-3,6,8-9,11H,4-5,7,13H2,1H3. The lowest BCUT2D eigenvalue weighted by Gasteiger charge is -2.08. The van der Waals surface area contributed by atoms with Crippen molar-refractivity contribution >= 4 is 11.3 Å². The van der Waals surface area contributed by atoms with Crippen LogP contribution in [0, 0.1) is 0 Å². The van der Waals surface area contributed by atoms with Crippen molar-refractivity contribution in [1.82, 2.24) is 9.78 Å². The van der Waals surface area contributed by atoms with Gasteiger partial charge in [-0.25, -0.2) is 0 Å². The smallest absolute Gasteiger partial charge is 0.0521 e. The minimum absolute atomic E-state index is 0.249. The molecule has 0 saturated heterocycles. The third-order valence-electron chi connectivity index (χ3n) is 2.61. The number of nitrogens with zero attached hydrogens (tertiary/aromatic N) is 2. The lowest BCUT2D eigenvalue weighted by Crippen LogP contribution is -2.22. The third kappa shape index (κ3) is 3.18. The summed E-state index contributed by atoms with van der Waals surface area (Å²) in [5.74, 6) is 0. The van der Waals surface area contributed by atoms with Gasteiger partial charge in [0.1, 0.15) is 0 Å². The number of nitrogens with two attached hydrogens (primary N) is 1. The molecule has 2 aromatic heterocycles. The first kappa shape index (κ1) is 11.4. The van der Waals surface area contributed by atoms with Crippen molar-refractivity contribution in [2.24, 2.45) is 12.8 Å². The summed E-state index contributed by atoms with van der Waals surface area (Å²) < 4.78 is 1.83. The molecule has 0 spiro atoms. The Labute approximate surface area is 99.9 Å². The highest BCUT2D eigenvalue weighted by molar-refractivity contribution is 7.09. The number of aromatic nitrogens is 2. The van der Waals surface area contributed by atoms with Gasteiger partial charge in [0.15, 0.2) is 0 Å². The van der Waals surface area contributed by atoms with Crippen LogP contribution in [-0.4, -0.2) is 15.8 Å². The second-order valence-electron chi connectivity index (χ2n) is 4.10. The Kier molecular flexibility index (Phi) is 3.74. The second-order valence-corrected chi connectivity index (χ2v) is 5.14. The summed E-state index contributed by atoms with van der Waals surface area (Å²) in [6.07, 6.45) is 6.98. The van der Waals surface area contributed by atoms with E-state index in [1.165, 1.54) is 10.4 Å². The molecule has 2 rings (SSSR count). The minimum atomic E-state index is 0.249. The van der Waals surface area contributed by atoms with Crippen LogP contribution in [-0.2, 0) is 19.9 Å². The highest BCUT2D eigenvalue weighted by Gasteiger charge is 2.06. The topological polar surface area (TPSA) is 43.8 Å². The predicted molar refractivity (Wildman–Crippen MR) is 67.5 cm³/mol. The molecular formula is C12H17N3S. The molecule has 0 aromatic carbocycles. The first-order chi connectivity index (χ1) is 7.74. The van der Waals surface area contributed by atoms with Gasteiger partial charge in [0.25, 0.3) is 0 Å². The van der Waals surface area contributed by atoms with E-state index in [0.29, 0.717) is 0 Å². The molecule has 1 atom stereocenters. The van der Waals surface area contributed by atoms with Crippen LogP contribution in [0.4, 0.5) is 0 Å². The van der Waals surface area contributed by atoms with Crippen LogP contribution in [0.1, 0.15) is 16.9 Å². The molecule has 2 aromatic rings. The van der Waals surface area contributed by atoms with Gasteiger partial charge in [-0.3, -0.25) is 4.68 Å². The van der Waals surface area contributed by atoms with E-state index in [9.17, 15) is 0 Å². The van der Waals surface area contributed by atoms with E-state index in [-0.39, 0.29) is 6.04 Å². The van der Waals surface area contributed by atoms with Gasteiger partial charge in [-0.15, -0.1) is 11.3 Å². The van der Waals surface area contributed by atoms with Crippen LogP contribution in [0.25, 0.3) is 0 Å². The zero-order chi connectivity index (χ0) is 11.4. The first-order valence-electron chi connectivity index (χ1n) is 5.49. The molecule has 4 heteroatoms. The Morgan fingerprint density at radius 2 is 2.44 bits per heavy atom. The Morgan fingerprint density at radius 3 is 3.06 bits per heavy atom. The summed E-state index contributed by atoms with van der Waals surface area (Å²) in [5, 5.41) is 6.25. The monoisotopic (exact) mass is 235 g/mol. The van der Waals surface area contributed by atoms with Gasteiger partial charge in [0, 0.05) is 24.2 Å². The molecule has 0 aliphatic carbocycles. The second kappa shape index (κ2) is 5.27. The average molecular weight is 235 g/mol. The Bertz CT molecular complexity index is 419. The molecule has 16 heavy (non-hydrogen) atoms. The van der Waals surface area contributed by atoms with Crippen molar-refractivity contribution in [1.29, 1.82) is 0 Å². The van der Waals surface area contributed by atoms with Gasteiger partial charge >= 0.3 is 0 Å². The Morgan fingerprint density at radius 1 is 1.56 bits per heavy atom. The van der Waals surface area contributed by atoms with Crippen LogP contribution >= 0.6 is 11.3 Å². The Balaban J connectivity index is 1.77. The summed E-state index contributed by atoms with van der Waals surface area (Å²) >= 11 is 1.78. The zero-order valence-corrected chi connectivity index (χ0v) is 10.3. The van der Waals surface area contributed by atoms with E-state index < -0.39 is 0 Å². The van der Waals surface area contributed by atoms with Crippen LogP contribution in [0.5, 0.6) is 0 Å². The maximum Gasteiger partial charge on any atom is 0.0521 e. The number of thiophene rings is 1. The van der Waals surface area contributed by atoms with Crippen molar-refractivity contribution in [3.8, 4) is 0 Å². The van der Waals surface area contributed by atoms with Crippen molar-refractivity contribution in [2.75, 3.05) is 0 Å². The summed E-state index contributed by atoms with van der Waals surface area (Å²) in [7, 11) is 1.94. The number of aryl methyl sites for hydroxylation is 2. The van der Waals surface area contributed by atoms with E-state index in [0.717, 1.165) is 19.3 Å². The molecule has 2 N–H and O–H groups in total. The maximum absolute atomic E-state index is 6.10. The summed E-state index contributed by atoms with van der Waals surface area (Å²) in [6.45, 7) is 0. The molecule has 0 aliphatic rings. The number of hydrogen-bond acceptors (Lipinski definition) is 3. The first-order valence-corrected chi connectivity index (χ1v) is 6.37. The molecule has 3 nitrogen and oxygen atoms in total. The van der Waals surface area contributed by atoms with E-state index in [1.54, 1.807) is 11.3 Å². The molecule has 0 aliphatic heterocycles. The van der Waals surface area contributed by atoms with Crippen molar-refractivity contribution in [3.05, 3.63) is 40.3 Å². The molecule has 86 valence electrons. The molecule has 1 unspecified atom stereocenters. The van der Waals surface area contributed by atoms with E-state index in [1.807, 2.05) is 17.9 Å². The average Bonchev–Trinajstić information content (AvgIpc) is 2.87. The Hall–Kier alpha value is -1.13. The fourth-order valence-corrected chi connectivity index (χ4v) is 2.54. The van der Waals surface area contributed by atoms with Crippen LogP contribution in [0.2, 0.25) is 0 Å². The third-order valence-corrected chi connectivity index (χ3v) is 3.50. The largest absolute Gasteiger partial charge is 0.327 e. The number of rotatable bonds is 5. The van der Waals surface area contributed by atoms with Gasteiger partial charge < -0.3 is 5.73 Å². The molecule has 0 radical (unpaired) electrons. The molecule has 0 fully saturated rings. The van der Waals surface area contributed by atoms with Gasteiger partial charge in [-0.1, -0.05) is 6.07 Å². The van der Waals surface area contributed by atoms with Crippen molar-refractivity contribution in [2.45, 2.75) is 25.3 Å². The van der Waals surface area contributed by atoms with E-state index in [2.05, 4.69) is 28.8 Å². The maximum atomic E-state index is 6.10. The molecule has 0 saturated carbocycles. The summed E-state index contributed by atoms with van der Waals surface area (Å²) in [6, 6.07) is 4.47. The van der Waals surface area contributed by atoms with E-state index >= 15 is 0 Å². The highest BCUT2D eigenvalue weighted by atomic mass is 32.1. The predicted octanol–water partition coefficient (Wildman–Crippen LogP) is 1.98. The van der Waals surface area contributed by atoms with Crippen molar-refractivity contribution < 1.29 is 0 Å².